The second-order valence-electron chi connectivity index (χ2n) is 11.5. The van der Waals surface area contributed by atoms with Gasteiger partial charge in [0.2, 0.25) is 0 Å². The Morgan fingerprint density at radius 1 is 0.784 bits per heavy atom. The number of likely N-dealkylation sites (tertiary alicyclic amines) is 1. The van der Waals surface area contributed by atoms with Crippen LogP contribution in [0.5, 0.6) is 0 Å². The Hall–Kier alpha value is -5.03. The van der Waals surface area contributed by atoms with Gasteiger partial charge in [-0.15, -0.1) is 22.7 Å². The number of hydrogen-bond donors (Lipinski definition) is 4. The van der Waals surface area contributed by atoms with E-state index in [9.17, 15) is 32.3 Å². The van der Waals surface area contributed by atoms with E-state index in [1.807, 2.05) is 0 Å². The SMILES string of the molecule is O=C(O)c1nc(CO)sc1-c1ccc(F)cc1.O=C(c1nc(CO)sc1-c1ccc(F)cc1)N1CCCCC1Cc1nc2cc(F)c(F)cc2[nH]1. The Bertz CT molecular complexity index is 2150. The molecule has 1 saturated heterocycles. The van der Waals surface area contributed by atoms with Crippen molar-refractivity contribution < 1.29 is 42.5 Å². The van der Waals surface area contributed by atoms with Crippen molar-refractivity contribution in [3.05, 3.63) is 111 Å². The van der Waals surface area contributed by atoms with Crippen LogP contribution in [0.1, 0.15) is 56.1 Å². The summed E-state index contributed by atoms with van der Waals surface area (Å²) in [5, 5.41) is 28.3. The number of rotatable bonds is 8. The lowest BCUT2D eigenvalue weighted by atomic mass is 9.98. The van der Waals surface area contributed by atoms with E-state index in [0.29, 0.717) is 60.7 Å². The number of amides is 1. The van der Waals surface area contributed by atoms with Gasteiger partial charge in [0.1, 0.15) is 33.2 Å². The molecule has 1 aliphatic rings. The fourth-order valence-corrected chi connectivity index (χ4v) is 7.58. The number of benzene rings is 3. The third-order valence-corrected chi connectivity index (χ3v) is 10.3. The zero-order chi connectivity index (χ0) is 36.2. The number of carboxylic acid groups (broad SMARTS) is 1. The smallest absolute Gasteiger partial charge is 0.356 e. The van der Waals surface area contributed by atoms with Crippen LogP contribution in [0.25, 0.3) is 31.9 Å². The number of carbonyl (C=O) groups excluding carboxylic acids is 1. The fraction of sp³-hybridized carbons (Fsp3) is 0.229. The van der Waals surface area contributed by atoms with Gasteiger partial charge in [-0.3, -0.25) is 4.79 Å². The molecular formula is C35H29F4N5O5S2. The van der Waals surface area contributed by atoms with Crippen LogP contribution in [0.15, 0.2) is 60.7 Å². The molecule has 51 heavy (non-hydrogen) atoms. The van der Waals surface area contributed by atoms with Crippen LogP contribution in [0.3, 0.4) is 0 Å². The Balaban J connectivity index is 0.000000221. The van der Waals surface area contributed by atoms with Gasteiger partial charge in [-0.2, -0.15) is 0 Å². The molecule has 3 aromatic carbocycles. The van der Waals surface area contributed by atoms with Crippen LogP contribution in [-0.2, 0) is 19.6 Å². The lowest BCUT2D eigenvalue weighted by molar-refractivity contribution is 0.0605. The molecule has 0 bridgehead atoms. The van der Waals surface area contributed by atoms with Crippen molar-refractivity contribution in [2.45, 2.75) is 44.9 Å². The van der Waals surface area contributed by atoms with E-state index in [4.69, 9.17) is 10.2 Å². The summed E-state index contributed by atoms with van der Waals surface area (Å²) in [6.45, 7) is -0.0877. The first-order valence-corrected chi connectivity index (χ1v) is 17.3. The molecule has 4 N–H and O–H groups in total. The van der Waals surface area contributed by atoms with Gasteiger partial charge in [0.25, 0.3) is 5.91 Å². The normalized spacial score (nSPS) is 14.4. The average Bonchev–Trinajstić information content (AvgIpc) is 3.86. The van der Waals surface area contributed by atoms with Crippen LogP contribution in [0, 0.1) is 23.3 Å². The molecule has 1 atom stereocenters. The lowest BCUT2D eigenvalue weighted by Gasteiger charge is -2.35. The maximum absolute atomic E-state index is 13.6. The third kappa shape index (κ3) is 7.99. The molecule has 3 aromatic heterocycles. The average molecular weight is 740 g/mol. The molecular weight excluding hydrogens is 711 g/mol. The van der Waals surface area contributed by atoms with Crippen molar-refractivity contribution in [1.29, 1.82) is 0 Å². The van der Waals surface area contributed by atoms with Crippen LogP contribution in [-0.4, -0.2) is 64.6 Å². The molecule has 7 rings (SSSR count). The number of carbonyl (C=O) groups is 2. The van der Waals surface area contributed by atoms with E-state index in [-0.39, 0.29) is 42.4 Å². The number of H-pyrrole nitrogens is 1. The Labute approximate surface area is 295 Å². The van der Waals surface area contributed by atoms with Gasteiger partial charge < -0.3 is 25.2 Å². The number of aliphatic hydroxyl groups excluding tert-OH is 2. The highest BCUT2D eigenvalue weighted by Crippen LogP contribution is 2.34. The van der Waals surface area contributed by atoms with Gasteiger partial charge in [-0.25, -0.2) is 37.3 Å². The van der Waals surface area contributed by atoms with Gasteiger partial charge in [0, 0.05) is 31.1 Å². The molecule has 10 nitrogen and oxygen atoms in total. The molecule has 6 aromatic rings. The van der Waals surface area contributed by atoms with E-state index in [0.717, 1.165) is 42.7 Å². The van der Waals surface area contributed by atoms with E-state index < -0.39 is 23.4 Å². The molecule has 1 aliphatic heterocycles. The first-order valence-electron chi connectivity index (χ1n) is 15.7. The molecule has 16 heteroatoms. The largest absolute Gasteiger partial charge is 0.476 e. The maximum atomic E-state index is 13.6. The number of aromatic amines is 1. The number of piperidine rings is 1. The minimum absolute atomic E-state index is 0.120. The van der Waals surface area contributed by atoms with Crippen molar-refractivity contribution in [2.24, 2.45) is 0 Å². The summed E-state index contributed by atoms with van der Waals surface area (Å²) in [5.74, 6) is -3.58. The van der Waals surface area contributed by atoms with Gasteiger partial charge in [-0.05, 0) is 54.7 Å². The predicted molar refractivity (Wildman–Crippen MR) is 182 cm³/mol. The minimum Gasteiger partial charge on any atom is -0.476 e. The molecule has 0 aliphatic carbocycles. The van der Waals surface area contributed by atoms with E-state index in [2.05, 4.69) is 19.9 Å². The highest BCUT2D eigenvalue weighted by molar-refractivity contribution is 7.15. The van der Waals surface area contributed by atoms with Crippen LogP contribution in [0.2, 0.25) is 0 Å². The number of fused-ring (bicyclic) bond motifs is 1. The zero-order valence-corrected chi connectivity index (χ0v) is 28.2. The van der Waals surface area contributed by atoms with Crippen LogP contribution >= 0.6 is 22.7 Å². The van der Waals surface area contributed by atoms with Crippen molar-refractivity contribution in [2.75, 3.05) is 6.54 Å². The van der Waals surface area contributed by atoms with E-state index in [1.54, 1.807) is 17.0 Å². The summed E-state index contributed by atoms with van der Waals surface area (Å²) >= 11 is 2.28. The number of imidazole rings is 1. The quantitative estimate of drug-likeness (QED) is 0.122. The number of hydrogen-bond acceptors (Lipinski definition) is 9. The standard InChI is InChI=1S/C24H21F3N4O2S.C11H8FNO3S/c25-14-6-4-13(5-7-14)23-22(30-21(12-32)34-23)24(33)31-8-2-1-3-15(31)9-20-28-18-10-16(26)17(27)11-19(18)29-20;12-7-3-1-6(2-4-7)10-9(11(15)16)13-8(5-14)17-10/h4-7,10-11,15,32H,1-3,8-9,12H2,(H,28,29);1-4,14H,5H2,(H,15,16). The molecule has 0 spiro atoms. The summed E-state index contributed by atoms with van der Waals surface area (Å²) in [6.07, 6.45) is 2.91. The summed E-state index contributed by atoms with van der Waals surface area (Å²) in [5.41, 5.74) is 2.05. The Morgan fingerprint density at radius 2 is 1.33 bits per heavy atom. The van der Waals surface area contributed by atoms with Crippen molar-refractivity contribution >= 4 is 45.6 Å². The maximum Gasteiger partial charge on any atom is 0.356 e. The van der Waals surface area contributed by atoms with Gasteiger partial charge in [0.05, 0.1) is 34.0 Å². The van der Waals surface area contributed by atoms with Crippen molar-refractivity contribution in [3.63, 3.8) is 0 Å². The Morgan fingerprint density at radius 3 is 1.90 bits per heavy atom. The first kappa shape index (κ1) is 35.8. The Kier molecular flexibility index (Phi) is 10.9. The highest BCUT2D eigenvalue weighted by atomic mass is 32.1. The molecule has 1 fully saturated rings. The summed E-state index contributed by atoms with van der Waals surface area (Å²) in [6, 6.07) is 13.2. The molecule has 0 radical (unpaired) electrons. The number of aromatic nitrogens is 4. The van der Waals surface area contributed by atoms with E-state index >= 15 is 0 Å². The number of aromatic carboxylic acids is 1. The van der Waals surface area contributed by atoms with Crippen molar-refractivity contribution in [1.82, 2.24) is 24.8 Å². The van der Waals surface area contributed by atoms with Crippen molar-refractivity contribution in [3.8, 4) is 20.9 Å². The summed E-state index contributed by atoms with van der Waals surface area (Å²) in [7, 11) is 0. The van der Waals surface area contributed by atoms with Crippen LogP contribution < -0.4 is 0 Å². The zero-order valence-electron chi connectivity index (χ0n) is 26.6. The molecule has 1 amide bonds. The fourth-order valence-electron chi connectivity index (χ4n) is 5.74. The number of carboxylic acids is 1. The minimum atomic E-state index is -1.17. The van der Waals surface area contributed by atoms with Gasteiger partial charge in [-0.1, -0.05) is 24.3 Å². The van der Waals surface area contributed by atoms with E-state index in [1.165, 1.54) is 47.7 Å². The number of nitrogens with zero attached hydrogens (tertiary/aromatic N) is 4. The number of thiazole rings is 2. The topological polar surface area (TPSA) is 153 Å². The highest BCUT2D eigenvalue weighted by Gasteiger charge is 2.32. The van der Waals surface area contributed by atoms with Gasteiger partial charge in [0.15, 0.2) is 17.3 Å². The number of nitrogens with one attached hydrogen (secondary N) is 1. The predicted octanol–water partition coefficient (Wildman–Crippen LogP) is 6.97. The van der Waals surface area contributed by atoms with Gasteiger partial charge >= 0.3 is 5.97 Å². The lowest BCUT2D eigenvalue weighted by Crippen LogP contribution is -2.45. The monoisotopic (exact) mass is 739 g/mol. The summed E-state index contributed by atoms with van der Waals surface area (Å²) < 4.78 is 53.3. The number of halogens is 4. The second kappa shape index (κ2) is 15.5. The molecule has 264 valence electrons. The first-order chi connectivity index (χ1) is 24.5. The second-order valence-corrected chi connectivity index (χ2v) is 13.7. The molecule has 0 saturated carbocycles. The van der Waals surface area contributed by atoms with Crippen LogP contribution in [0.4, 0.5) is 17.6 Å². The summed E-state index contributed by atoms with van der Waals surface area (Å²) in [4.78, 5) is 43.0. The third-order valence-electron chi connectivity index (χ3n) is 8.12. The molecule has 1 unspecified atom stereocenters. The number of aliphatic hydroxyl groups is 2. The molecule has 4 heterocycles.